The minimum atomic E-state index is -0.101. The van der Waals surface area contributed by atoms with E-state index in [0.29, 0.717) is 19.7 Å². The molecule has 2 aliphatic rings. The summed E-state index contributed by atoms with van der Waals surface area (Å²) in [6.07, 6.45) is 4.79. The number of carbonyl (C=O) groups is 1. The van der Waals surface area contributed by atoms with Crippen molar-refractivity contribution < 1.29 is 9.53 Å². The number of benzene rings is 2. The molecule has 0 N–H and O–H groups in total. The first kappa shape index (κ1) is 20.9. The van der Waals surface area contributed by atoms with Gasteiger partial charge >= 0.3 is 0 Å². The second kappa shape index (κ2) is 9.63. The number of ether oxygens (including phenoxy) is 1. The first-order valence-electron chi connectivity index (χ1n) is 11.5. The Balaban J connectivity index is 1.21. The van der Waals surface area contributed by atoms with Crippen LogP contribution in [-0.2, 0) is 22.4 Å². The van der Waals surface area contributed by atoms with Crippen molar-refractivity contribution in [1.82, 2.24) is 9.88 Å². The zero-order valence-electron chi connectivity index (χ0n) is 18.3. The van der Waals surface area contributed by atoms with Crippen molar-refractivity contribution in [3.63, 3.8) is 0 Å². The number of aromatic nitrogens is 1. The van der Waals surface area contributed by atoms with Crippen molar-refractivity contribution in [2.75, 3.05) is 37.7 Å². The molecule has 164 valence electrons. The molecule has 1 fully saturated rings. The van der Waals surface area contributed by atoms with E-state index in [-0.39, 0.29) is 12.0 Å². The number of amides is 1. The molecule has 2 aliphatic heterocycles. The lowest BCUT2D eigenvalue weighted by Crippen LogP contribution is -2.47. The molecule has 5 heteroatoms. The number of nitrogens with zero attached hydrogens (tertiary/aromatic N) is 3. The highest BCUT2D eigenvalue weighted by molar-refractivity contribution is 5.95. The van der Waals surface area contributed by atoms with Gasteiger partial charge in [-0.1, -0.05) is 54.6 Å². The summed E-state index contributed by atoms with van der Waals surface area (Å²) < 4.78 is 6.01. The molecule has 3 heterocycles. The highest BCUT2D eigenvalue weighted by Gasteiger charge is 2.28. The molecular formula is C27H29N3O2. The van der Waals surface area contributed by atoms with Crippen LogP contribution < -0.4 is 4.90 Å². The fraction of sp³-hybridized carbons (Fsp3) is 0.333. The van der Waals surface area contributed by atoms with Gasteiger partial charge in [0.05, 0.1) is 18.8 Å². The van der Waals surface area contributed by atoms with Gasteiger partial charge in [0.2, 0.25) is 5.91 Å². The van der Waals surface area contributed by atoms with Gasteiger partial charge in [-0.3, -0.25) is 14.7 Å². The standard InChI is InChI=1S/C27H29N3O2/c31-27(30-14-6-10-23-9-4-5-11-25(23)30)20-29-15-16-32-26(19-29)24-13-12-22(18-28-24)17-21-7-2-1-3-8-21/h1-5,7-9,11-13,18,26H,6,10,14-17,19-20H2/t26-/m0/s1. The van der Waals surface area contributed by atoms with E-state index in [2.05, 4.69) is 64.5 Å². The smallest absolute Gasteiger partial charge is 0.241 e. The van der Waals surface area contributed by atoms with Crippen LogP contribution in [0, 0.1) is 0 Å². The Morgan fingerprint density at radius 3 is 2.66 bits per heavy atom. The topological polar surface area (TPSA) is 45.7 Å². The highest BCUT2D eigenvalue weighted by Crippen LogP contribution is 2.27. The molecule has 3 aromatic rings. The number of para-hydroxylation sites is 1. The normalized spacial score (nSPS) is 18.9. The Hall–Kier alpha value is -3.02. The monoisotopic (exact) mass is 427 g/mol. The van der Waals surface area contributed by atoms with E-state index in [9.17, 15) is 4.79 Å². The second-order valence-corrected chi connectivity index (χ2v) is 8.63. The van der Waals surface area contributed by atoms with Crippen LogP contribution in [0.3, 0.4) is 0 Å². The van der Waals surface area contributed by atoms with Gasteiger partial charge in [-0.05, 0) is 48.1 Å². The van der Waals surface area contributed by atoms with Gasteiger partial charge in [0, 0.05) is 31.5 Å². The van der Waals surface area contributed by atoms with Crippen LogP contribution in [0.1, 0.15) is 34.9 Å². The fourth-order valence-electron chi connectivity index (χ4n) is 4.66. The molecule has 1 atom stereocenters. The molecule has 1 aromatic heterocycles. The van der Waals surface area contributed by atoms with Crippen molar-refractivity contribution in [3.05, 3.63) is 95.3 Å². The van der Waals surface area contributed by atoms with E-state index in [1.54, 1.807) is 0 Å². The van der Waals surface area contributed by atoms with E-state index in [4.69, 9.17) is 4.74 Å². The number of morpholine rings is 1. The van der Waals surface area contributed by atoms with Crippen LogP contribution in [0.25, 0.3) is 0 Å². The number of carbonyl (C=O) groups excluding carboxylic acids is 1. The molecule has 0 saturated carbocycles. The number of anilines is 1. The molecule has 0 spiro atoms. The predicted molar refractivity (Wildman–Crippen MR) is 126 cm³/mol. The van der Waals surface area contributed by atoms with E-state index < -0.39 is 0 Å². The van der Waals surface area contributed by atoms with Crippen molar-refractivity contribution in [1.29, 1.82) is 0 Å². The molecular weight excluding hydrogens is 398 g/mol. The van der Waals surface area contributed by atoms with E-state index >= 15 is 0 Å². The van der Waals surface area contributed by atoms with Gasteiger partial charge in [0.25, 0.3) is 0 Å². The predicted octanol–water partition coefficient (Wildman–Crippen LogP) is 4.03. The van der Waals surface area contributed by atoms with Crippen LogP contribution in [0.15, 0.2) is 72.9 Å². The van der Waals surface area contributed by atoms with Crippen LogP contribution >= 0.6 is 0 Å². The van der Waals surface area contributed by atoms with Gasteiger partial charge in [0.1, 0.15) is 6.10 Å². The molecule has 0 bridgehead atoms. The molecule has 1 amide bonds. The number of hydrogen-bond acceptors (Lipinski definition) is 4. The van der Waals surface area contributed by atoms with E-state index in [1.165, 1.54) is 16.7 Å². The van der Waals surface area contributed by atoms with Gasteiger partial charge in [-0.2, -0.15) is 0 Å². The SMILES string of the molecule is O=C(CN1CCO[C@H](c2ccc(Cc3ccccc3)cn2)C1)N1CCCc2ccccc21. The van der Waals surface area contributed by atoms with Gasteiger partial charge in [0.15, 0.2) is 0 Å². The molecule has 5 rings (SSSR count). The number of aryl methyl sites for hydroxylation is 1. The molecule has 2 aromatic carbocycles. The minimum Gasteiger partial charge on any atom is -0.369 e. The molecule has 0 unspecified atom stereocenters. The summed E-state index contributed by atoms with van der Waals surface area (Å²) >= 11 is 0. The number of fused-ring (bicyclic) bond motifs is 1. The van der Waals surface area contributed by atoms with Crippen LogP contribution in [-0.4, -0.2) is 48.6 Å². The number of hydrogen-bond donors (Lipinski definition) is 0. The zero-order chi connectivity index (χ0) is 21.8. The van der Waals surface area contributed by atoms with Gasteiger partial charge in [-0.25, -0.2) is 0 Å². The lowest BCUT2D eigenvalue weighted by Gasteiger charge is -2.35. The Morgan fingerprint density at radius 1 is 0.969 bits per heavy atom. The Kier molecular flexibility index (Phi) is 6.28. The number of rotatable bonds is 5. The average molecular weight is 428 g/mol. The Morgan fingerprint density at radius 2 is 1.81 bits per heavy atom. The zero-order valence-corrected chi connectivity index (χ0v) is 18.3. The Bertz CT molecular complexity index is 1050. The minimum absolute atomic E-state index is 0.101. The van der Waals surface area contributed by atoms with Gasteiger partial charge < -0.3 is 9.64 Å². The second-order valence-electron chi connectivity index (χ2n) is 8.63. The molecule has 1 saturated heterocycles. The third-order valence-corrected chi connectivity index (χ3v) is 6.35. The van der Waals surface area contributed by atoms with Crippen molar-refractivity contribution in [3.8, 4) is 0 Å². The van der Waals surface area contributed by atoms with Crippen molar-refractivity contribution in [2.45, 2.75) is 25.4 Å². The highest BCUT2D eigenvalue weighted by atomic mass is 16.5. The summed E-state index contributed by atoms with van der Waals surface area (Å²) in [6.45, 7) is 3.28. The third-order valence-electron chi connectivity index (χ3n) is 6.35. The average Bonchev–Trinajstić information content (AvgIpc) is 2.85. The largest absolute Gasteiger partial charge is 0.369 e. The van der Waals surface area contributed by atoms with Crippen LogP contribution in [0.5, 0.6) is 0 Å². The van der Waals surface area contributed by atoms with E-state index in [1.807, 2.05) is 23.2 Å². The summed E-state index contributed by atoms with van der Waals surface area (Å²) in [5.74, 6) is 0.170. The fourth-order valence-corrected chi connectivity index (χ4v) is 4.66. The lowest BCUT2D eigenvalue weighted by molar-refractivity contribution is -0.122. The van der Waals surface area contributed by atoms with Crippen molar-refractivity contribution in [2.24, 2.45) is 0 Å². The summed E-state index contributed by atoms with van der Waals surface area (Å²) in [4.78, 5) is 22.0. The molecule has 0 radical (unpaired) electrons. The first-order valence-corrected chi connectivity index (χ1v) is 11.5. The summed E-state index contributed by atoms with van der Waals surface area (Å²) in [5, 5.41) is 0. The quantitative estimate of drug-likeness (QED) is 0.617. The molecule has 32 heavy (non-hydrogen) atoms. The summed E-state index contributed by atoms with van der Waals surface area (Å²) in [7, 11) is 0. The summed E-state index contributed by atoms with van der Waals surface area (Å²) in [6, 6.07) is 22.9. The molecule has 0 aliphatic carbocycles. The lowest BCUT2D eigenvalue weighted by atomic mass is 10.0. The van der Waals surface area contributed by atoms with Gasteiger partial charge in [-0.15, -0.1) is 0 Å². The maximum absolute atomic E-state index is 13.1. The molecule has 5 nitrogen and oxygen atoms in total. The van der Waals surface area contributed by atoms with Crippen LogP contribution in [0.2, 0.25) is 0 Å². The van der Waals surface area contributed by atoms with Crippen LogP contribution in [0.4, 0.5) is 5.69 Å². The summed E-state index contributed by atoms with van der Waals surface area (Å²) in [5.41, 5.74) is 5.74. The maximum atomic E-state index is 13.1. The van der Waals surface area contributed by atoms with E-state index in [0.717, 1.165) is 43.7 Å². The third kappa shape index (κ3) is 4.74. The number of pyridine rings is 1. The maximum Gasteiger partial charge on any atom is 0.241 e. The first-order chi connectivity index (χ1) is 15.8. The Labute approximate surface area is 189 Å². The van der Waals surface area contributed by atoms with Crippen molar-refractivity contribution >= 4 is 11.6 Å².